The lowest BCUT2D eigenvalue weighted by atomic mass is 9.81. The molecule has 8 rings (SSSR count). The molecule has 0 spiro atoms. The molecule has 5 aromatic rings. The standard InChI is InChI=1S/C34H22N4O5S/c1-37-31-28(32(40)36-33(37)41)26(27-29(35-31)20-8-2-3-9-21(20)30(27)39)18-14-16-19(17-15-18)43-34(42)38-22-10-4-6-12-24(22)44-25-13-7-5-11-23(25)38/h2-17,26,35H,1H3,(H,36,40,41). The van der Waals surface area contributed by atoms with Crippen LogP contribution in [0.15, 0.2) is 122 Å². The molecule has 0 saturated carbocycles. The molecule has 1 aliphatic carbocycles. The van der Waals surface area contributed by atoms with Crippen LogP contribution < -0.4 is 26.2 Å². The van der Waals surface area contributed by atoms with Crippen LogP contribution in [0.3, 0.4) is 0 Å². The van der Waals surface area contributed by atoms with Gasteiger partial charge in [-0.25, -0.2) is 14.5 Å². The Bertz CT molecular complexity index is 2170. The van der Waals surface area contributed by atoms with Crippen molar-refractivity contribution in [1.82, 2.24) is 9.55 Å². The van der Waals surface area contributed by atoms with Gasteiger partial charge in [0.05, 0.1) is 22.6 Å². The van der Waals surface area contributed by atoms with E-state index in [1.165, 1.54) is 4.57 Å². The minimum atomic E-state index is -0.765. The number of hydrogen-bond donors (Lipinski definition) is 2. The van der Waals surface area contributed by atoms with Gasteiger partial charge in [-0.2, -0.15) is 0 Å². The number of ketones is 1. The Hall–Kier alpha value is -5.61. The summed E-state index contributed by atoms with van der Waals surface area (Å²) in [6.45, 7) is 0. The van der Waals surface area contributed by atoms with E-state index < -0.39 is 23.3 Å². The minimum absolute atomic E-state index is 0.192. The molecule has 4 aromatic carbocycles. The average Bonchev–Trinajstić information content (AvgIpc) is 3.33. The Morgan fingerprint density at radius 2 is 1.41 bits per heavy atom. The molecule has 1 unspecified atom stereocenters. The molecule has 9 nitrogen and oxygen atoms in total. The summed E-state index contributed by atoms with van der Waals surface area (Å²) < 4.78 is 7.20. The third kappa shape index (κ3) is 3.81. The molecule has 2 aliphatic heterocycles. The molecule has 3 aliphatic rings. The van der Waals surface area contributed by atoms with Crippen molar-refractivity contribution in [3.05, 3.63) is 146 Å². The average molecular weight is 599 g/mol. The molecule has 0 saturated heterocycles. The molecule has 1 atom stereocenters. The van der Waals surface area contributed by atoms with E-state index >= 15 is 0 Å². The fourth-order valence-corrected chi connectivity index (χ4v) is 7.20. The first-order chi connectivity index (χ1) is 21.4. The van der Waals surface area contributed by atoms with Gasteiger partial charge < -0.3 is 10.1 Å². The molecular weight excluding hydrogens is 576 g/mol. The van der Waals surface area contributed by atoms with Crippen LogP contribution in [0.4, 0.5) is 22.0 Å². The van der Waals surface area contributed by atoms with Crippen LogP contribution in [-0.2, 0) is 7.05 Å². The molecular formula is C34H22N4O5S. The van der Waals surface area contributed by atoms with Crippen molar-refractivity contribution in [3.8, 4) is 5.75 Å². The number of anilines is 3. The number of nitrogens with one attached hydrogen (secondary N) is 2. The van der Waals surface area contributed by atoms with E-state index in [9.17, 15) is 19.2 Å². The van der Waals surface area contributed by atoms with Gasteiger partial charge in [0.15, 0.2) is 5.78 Å². The third-order valence-electron chi connectivity index (χ3n) is 8.17. The van der Waals surface area contributed by atoms with Gasteiger partial charge in [-0.05, 0) is 42.0 Å². The number of hydrogen-bond acceptors (Lipinski definition) is 7. The smallest absolute Gasteiger partial charge is 0.410 e. The number of aromatic amines is 1. The minimum Gasteiger partial charge on any atom is -0.410 e. The molecule has 3 heterocycles. The maximum Gasteiger partial charge on any atom is 0.424 e. The first-order valence-corrected chi connectivity index (χ1v) is 14.7. The van der Waals surface area contributed by atoms with Crippen molar-refractivity contribution in [2.24, 2.45) is 7.05 Å². The number of benzene rings is 4. The normalized spacial score (nSPS) is 15.9. The van der Waals surface area contributed by atoms with Crippen molar-refractivity contribution in [1.29, 1.82) is 0 Å². The predicted octanol–water partition coefficient (Wildman–Crippen LogP) is 6.04. The summed E-state index contributed by atoms with van der Waals surface area (Å²) in [5, 5.41) is 3.21. The lowest BCUT2D eigenvalue weighted by Crippen LogP contribution is -2.37. The quantitative estimate of drug-likeness (QED) is 0.255. The zero-order valence-electron chi connectivity index (χ0n) is 23.2. The van der Waals surface area contributed by atoms with Crippen molar-refractivity contribution < 1.29 is 14.3 Å². The summed E-state index contributed by atoms with van der Waals surface area (Å²) in [4.78, 5) is 58.9. The van der Waals surface area contributed by atoms with Crippen LogP contribution in [-0.4, -0.2) is 21.4 Å². The number of fused-ring (bicyclic) bond motifs is 5. The number of Topliss-reactive ketones (excluding diaryl/α,β-unsaturated/α-hetero) is 1. The Morgan fingerprint density at radius 3 is 2.09 bits per heavy atom. The first-order valence-electron chi connectivity index (χ1n) is 13.9. The van der Waals surface area contributed by atoms with Crippen LogP contribution in [0.2, 0.25) is 0 Å². The molecule has 2 N–H and O–H groups in total. The van der Waals surface area contributed by atoms with Crippen LogP contribution in [0, 0.1) is 0 Å². The number of allylic oxidation sites excluding steroid dienone is 1. The lowest BCUT2D eigenvalue weighted by Gasteiger charge is -2.30. The molecule has 0 radical (unpaired) electrons. The van der Waals surface area contributed by atoms with E-state index in [2.05, 4.69) is 10.3 Å². The maximum atomic E-state index is 13.7. The van der Waals surface area contributed by atoms with Gasteiger partial charge in [-0.15, -0.1) is 0 Å². The van der Waals surface area contributed by atoms with Gasteiger partial charge in [0.2, 0.25) is 0 Å². The first kappa shape index (κ1) is 26.1. The monoisotopic (exact) mass is 598 g/mol. The zero-order chi connectivity index (χ0) is 30.1. The fourth-order valence-electron chi connectivity index (χ4n) is 6.14. The number of ether oxygens (including phenoxy) is 1. The molecule has 10 heteroatoms. The predicted molar refractivity (Wildman–Crippen MR) is 167 cm³/mol. The van der Waals surface area contributed by atoms with Crippen molar-refractivity contribution >= 4 is 46.5 Å². The number of H-pyrrole nitrogens is 1. The lowest BCUT2D eigenvalue weighted by molar-refractivity contribution is 0.103. The Balaban J connectivity index is 1.18. The number of para-hydroxylation sites is 2. The zero-order valence-corrected chi connectivity index (χ0v) is 24.0. The molecule has 0 fully saturated rings. The highest BCUT2D eigenvalue weighted by Gasteiger charge is 2.42. The fraction of sp³-hybridized carbons (Fsp3) is 0.0588. The summed E-state index contributed by atoms with van der Waals surface area (Å²) in [5.41, 5.74) is 3.43. The number of aromatic nitrogens is 2. The van der Waals surface area contributed by atoms with Crippen LogP contribution in [0.5, 0.6) is 5.75 Å². The summed E-state index contributed by atoms with van der Waals surface area (Å²) in [7, 11) is 1.56. The summed E-state index contributed by atoms with van der Waals surface area (Å²) in [6, 6.07) is 29.3. The number of nitrogens with zero attached hydrogens (tertiary/aromatic N) is 2. The van der Waals surface area contributed by atoms with E-state index in [0.29, 0.717) is 39.5 Å². The van der Waals surface area contributed by atoms with Crippen molar-refractivity contribution in [3.63, 3.8) is 0 Å². The van der Waals surface area contributed by atoms with Gasteiger partial charge in [0.1, 0.15) is 11.6 Å². The second-order valence-electron chi connectivity index (χ2n) is 10.6. The SMILES string of the molecule is Cn1c2c(c(=O)[nH]c1=O)C(c1ccc(OC(=O)N3c4ccccc4Sc4ccccc43)cc1)C1=C(N2)c2ccccc2C1=O. The number of amides is 1. The maximum absolute atomic E-state index is 13.7. The van der Waals surface area contributed by atoms with E-state index in [1.807, 2.05) is 60.7 Å². The Labute approximate surface area is 254 Å². The van der Waals surface area contributed by atoms with E-state index in [1.54, 1.807) is 60.1 Å². The summed E-state index contributed by atoms with van der Waals surface area (Å²) in [6.07, 6.45) is -0.567. The highest BCUT2D eigenvalue weighted by molar-refractivity contribution is 7.99. The van der Waals surface area contributed by atoms with E-state index in [0.717, 1.165) is 21.2 Å². The van der Waals surface area contributed by atoms with Crippen molar-refractivity contribution in [2.45, 2.75) is 15.7 Å². The van der Waals surface area contributed by atoms with Crippen LogP contribution in [0.25, 0.3) is 5.70 Å². The highest BCUT2D eigenvalue weighted by atomic mass is 32.2. The van der Waals surface area contributed by atoms with Crippen molar-refractivity contribution in [2.75, 3.05) is 10.2 Å². The topological polar surface area (TPSA) is 114 Å². The Kier molecular flexibility index (Phi) is 5.75. The van der Waals surface area contributed by atoms with Gasteiger partial charge in [0, 0.05) is 39.5 Å². The number of rotatable bonds is 2. The second-order valence-corrected chi connectivity index (χ2v) is 11.7. The molecule has 44 heavy (non-hydrogen) atoms. The van der Waals surface area contributed by atoms with Crippen LogP contribution >= 0.6 is 11.8 Å². The van der Waals surface area contributed by atoms with Gasteiger partial charge in [0.25, 0.3) is 5.56 Å². The number of carbonyl (C=O) groups excluding carboxylic acids is 2. The van der Waals surface area contributed by atoms with Gasteiger partial charge in [-0.1, -0.05) is 72.4 Å². The highest BCUT2D eigenvalue weighted by Crippen LogP contribution is 2.49. The molecule has 1 amide bonds. The summed E-state index contributed by atoms with van der Waals surface area (Å²) in [5.74, 6) is -0.337. The van der Waals surface area contributed by atoms with E-state index in [-0.39, 0.29) is 11.3 Å². The second kappa shape index (κ2) is 9.72. The van der Waals surface area contributed by atoms with Gasteiger partial charge >= 0.3 is 11.8 Å². The van der Waals surface area contributed by atoms with E-state index in [4.69, 9.17) is 4.74 Å². The molecule has 1 aromatic heterocycles. The van der Waals surface area contributed by atoms with Crippen LogP contribution in [0.1, 0.15) is 33.0 Å². The molecule has 0 bridgehead atoms. The van der Waals surface area contributed by atoms with Gasteiger partial charge in [-0.3, -0.25) is 19.1 Å². The third-order valence-corrected chi connectivity index (χ3v) is 9.30. The molecule has 214 valence electrons. The summed E-state index contributed by atoms with van der Waals surface area (Å²) >= 11 is 1.59. The number of carbonyl (C=O) groups is 2. The largest absolute Gasteiger partial charge is 0.424 e. The Morgan fingerprint density at radius 1 is 0.795 bits per heavy atom.